The van der Waals surface area contributed by atoms with Crippen molar-refractivity contribution < 1.29 is 24.9 Å². The number of fused-ring (bicyclic) bond motifs is 6. The first-order chi connectivity index (χ1) is 16.0. The first kappa shape index (κ1) is 25.4. The first-order valence-electron chi connectivity index (χ1n) is 13.9. The van der Waals surface area contributed by atoms with E-state index in [1.807, 2.05) is 13.8 Å². The van der Waals surface area contributed by atoms with Gasteiger partial charge < -0.3 is 15.3 Å². The third-order valence-electron chi connectivity index (χ3n) is 12.9. The van der Waals surface area contributed by atoms with Gasteiger partial charge in [-0.25, -0.2) is 0 Å². The highest BCUT2D eigenvalue weighted by molar-refractivity contribution is 6.07. The molecule has 5 heteroatoms. The summed E-state index contributed by atoms with van der Waals surface area (Å²) in [5.74, 6) is -0.0823. The predicted octanol–water partition coefficient (Wildman–Crippen LogP) is 5.53. The highest BCUT2D eigenvalue weighted by Gasteiger charge is 2.70. The number of hydrogen-bond donors (Lipinski definition) is 3. The van der Waals surface area contributed by atoms with Gasteiger partial charge in [0, 0.05) is 11.0 Å². The second-order valence-electron chi connectivity index (χ2n) is 14.9. The highest BCUT2D eigenvalue weighted by Crippen LogP contribution is 2.75. The van der Waals surface area contributed by atoms with E-state index in [9.17, 15) is 24.9 Å². The van der Waals surface area contributed by atoms with E-state index in [0.29, 0.717) is 43.1 Å². The third-order valence-corrected chi connectivity index (χ3v) is 12.9. The van der Waals surface area contributed by atoms with Gasteiger partial charge in [0.25, 0.3) is 0 Å². The number of aliphatic hydroxyl groups is 2. The van der Waals surface area contributed by atoms with Crippen LogP contribution < -0.4 is 0 Å². The monoisotopic (exact) mass is 486 g/mol. The molecule has 196 valence electrons. The van der Waals surface area contributed by atoms with E-state index in [2.05, 4.69) is 34.6 Å². The van der Waals surface area contributed by atoms with E-state index >= 15 is 0 Å². The number of carboxylic acids is 1. The number of allylic oxidation sites excluding steroid dienone is 1. The molecule has 0 heterocycles. The van der Waals surface area contributed by atoms with Crippen molar-refractivity contribution in [3.05, 3.63) is 11.1 Å². The smallest absolute Gasteiger partial charge is 0.314 e. The van der Waals surface area contributed by atoms with Crippen LogP contribution in [-0.2, 0) is 9.59 Å². The lowest BCUT2D eigenvalue weighted by atomic mass is 9.34. The maximum atomic E-state index is 13.9. The summed E-state index contributed by atoms with van der Waals surface area (Å²) in [6.07, 6.45) is 5.36. The van der Waals surface area contributed by atoms with Gasteiger partial charge in [-0.1, -0.05) is 54.0 Å². The average molecular weight is 487 g/mol. The van der Waals surface area contributed by atoms with E-state index < -0.39 is 29.0 Å². The molecule has 0 aromatic heterocycles. The fourth-order valence-electron chi connectivity index (χ4n) is 10.5. The molecular formula is C30H46O5. The number of ketones is 1. The zero-order valence-electron chi connectivity index (χ0n) is 22.8. The zero-order chi connectivity index (χ0) is 26.0. The van der Waals surface area contributed by atoms with Crippen molar-refractivity contribution >= 4 is 11.8 Å². The zero-order valence-corrected chi connectivity index (χ0v) is 22.8. The van der Waals surface area contributed by atoms with Crippen LogP contribution in [0.4, 0.5) is 0 Å². The molecule has 0 saturated heterocycles. The number of aliphatic carboxylic acids is 1. The largest absolute Gasteiger partial charge is 0.481 e. The molecule has 0 aromatic rings. The Hall–Kier alpha value is -1.20. The van der Waals surface area contributed by atoms with Crippen molar-refractivity contribution in [1.82, 2.24) is 0 Å². The van der Waals surface area contributed by atoms with Gasteiger partial charge in [-0.2, -0.15) is 0 Å². The summed E-state index contributed by atoms with van der Waals surface area (Å²) in [5.41, 5.74) is -0.529. The van der Waals surface area contributed by atoms with Gasteiger partial charge in [0.2, 0.25) is 0 Å². The summed E-state index contributed by atoms with van der Waals surface area (Å²) in [4.78, 5) is 26.7. The molecule has 0 amide bonds. The molecule has 8 atom stereocenters. The summed E-state index contributed by atoms with van der Waals surface area (Å²) in [6, 6.07) is 0. The maximum Gasteiger partial charge on any atom is 0.314 e. The lowest BCUT2D eigenvalue weighted by molar-refractivity contribution is -0.233. The summed E-state index contributed by atoms with van der Waals surface area (Å²) in [7, 11) is 0. The van der Waals surface area contributed by atoms with Gasteiger partial charge in [-0.15, -0.1) is 0 Å². The lowest BCUT2D eigenvalue weighted by Gasteiger charge is -2.71. The second-order valence-corrected chi connectivity index (χ2v) is 14.9. The molecule has 3 N–H and O–H groups in total. The van der Waals surface area contributed by atoms with E-state index in [0.717, 1.165) is 37.7 Å². The fraction of sp³-hybridized carbons (Fsp3) is 0.867. The molecule has 4 fully saturated rings. The van der Waals surface area contributed by atoms with Crippen LogP contribution in [0.5, 0.6) is 0 Å². The highest BCUT2D eigenvalue weighted by atomic mass is 16.4. The van der Waals surface area contributed by atoms with Gasteiger partial charge in [0.1, 0.15) is 0 Å². The molecule has 0 radical (unpaired) electrons. The number of hydrogen-bond acceptors (Lipinski definition) is 4. The quantitative estimate of drug-likeness (QED) is 0.453. The number of carbonyl (C=O) groups is 2. The SMILES string of the molecule is CC1(C)CCC2(C(=O)O)CC[C@]3(C)C(=C2C1=O)CC[C@@H]1[C@@]2(C)C[C@@H](O)[C@@H](O)C(C)(C)C2CC[C@]13C. The topological polar surface area (TPSA) is 94.8 Å². The summed E-state index contributed by atoms with van der Waals surface area (Å²) < 4.78 is 0. The molecule has 0 aliphatic heterocycles. The van der Waals surface area contributed by atoms with Crippen LogP contribution in [0.15, 0.2) is 11.1 Å². The van der Waals surface area contributed by atoms with Gasteiger partial charge >= 0.3 is 5.97 Å². The standard InChI is InChI=1S/C30H46O5/c1-25(2)12-14-30(24(34)35)15-13-28(6)17(21(30)23(25)33)8-9-20-27(5)16-18(31)22(32)26(3,4)19(27)10-11-29(20,28)7/h18-20,22,31-32H,8-16H2,1-7H3,(H,34,35)/t18-,19?,20-,22-,27+,28-,29-,30?/m1/s1. The molecule has 5 nitrogen and oxygen atoms in total. The van der Waals surface area contributed by atoms with E-state index in [1.54, 1.807) is 0 Å². The van der Waals surface area contributed by atoms with Crippen molar-refractivity contribution in [2.45, 2.75) is 118 Å². The molecule has 2 unspecified atom stereocenters. The van der Waals surface area contributed by atoms with Crippen molar-refractivity contribution in [3.63, 3.8) is 0 Å². The van der Waals surface area contributed by atoms with Gasteiger partial charge in [0.05, 0.1) is 17.6 Å². The van der Waals surface area contributed by atoms with Gasteiger partial charge in [0.15, 0.2) is 5.78 Å². The van der Waals surface area contributed by atoms with Crippen LogP contribution in [0.2, 0.25) is 0 Å². The minimum absolute atomic E-state index is 0.0615. The van der Waals surface area contributed by atoms with Crippen molar-refractivity contribution in [2.24, 2.45) is 44.3 Å². The Balaban J connectivity index is 1.66. The van der Waals surface area contributed by atoms with Crippen molar-refractivity contribution in [1.29, 1.82) is 0 Å². The van der Waals surface area contributed by atoms with Crippen molar-refractivity contribution in [3.8, 4) is 0 Å². The fourth-order valence-corrected chi connectivity index (χ4v) is 10.5. The Morgan fingerprint density at radius 3 is 2.11 bits per heavy atom. The molecule has 0 aromatic carbocycles. The summed E-state index contributed by atoms with van der Waals surface area (Å²) in [6.45, 7) is 15.3. The van der Waals surface area contributed by atoms with E-state index in [1.165, 1.54) is 0 Å². The van der Waals surface area contributed by atoms with Crippen LogP contribution in [0, 0.1) is 44.3 Å². The Kier molecular flexibility index (Phi) is 5.25. The molecule has 5 aliphatic carbocycles. The molecule has 4 saturated carbocycles. The van der Waals surface area contributed by atoms with Crippen LogP contribution in [-0.4, -0.2) is 39.3 Å². The first-order valence-corrected chi connectivity index (χ1v) is 13.9. The van der Waals surface area contributed by atoms with Crippen LogP contribution >= 0.6 is 0 Å². The van der Waals surface area contributed by atoms with E-state index in [4.69, 9.17) is 0 Å². The predicted molar refractivity (Wildman–Crippen MR) is 135 cm³/mol. The minimum Gasteiger partial charge on any atom is -0.481 e. The molecule has 35 heavy (non-hydrogen) atoms. The second kappa shape index (κ2) is 7.22. The number of carbonyl (C=O) groups excluding carboxylic acids is 1. The molecule has 0 bridgehead atoms. The lowest BCUT2D eigenvalue weighted by Crippen LogP contribution is -2.66. The Morgan fingerprint density at radius 1 is 0.857 bits per heavy atom. The van der Waals surface area contributed by atoms with Crippen LogP contribution in [0.1, 0.15) is 106 Å². The molecule has 5 rings (SSSR count). The van der Waals surface area contributed by atoms with Crippen molar-refractivity contribution in [2.75, 3.05) is 0 Å². The maximum absolute atomic E-state index is 13.9. The van der Waals surface area contributed by atoms with E-state index in [-0.39, 0.29) is 27.4 Å². The Labute approximate surface area is 210 Å². The molecule has 0 spiro atoms. The van der Waals surface area contributed by atoms with Gasteiger partial charge in [-0.3, -0.25) is 9.59 Å². The molecular weight excluding hydrogens is 440 g/mol. The summed E-state index contributed by atoms with van der Waals surface area (Å²) >= 11 is 0. The number of carboxylic acid groups (broad SMARTS) is 1. The molecule has 5 aliphatic rings. The Morgan fingerprint density at radius 2 is 1.49 bits per heavy atom. The van der Waals surface area contributed by atoms with Crippen LogP contribution in [0.25, 0.3) is 0 Å². The van der Waals surface area contributed by atoms with Crippen LogP contribution in [0.3, 0.4) is 0 Å². The Bertz CT molecular complexity index is 1010. The third kappa shape index (κ3) is 2.89. The summed E-state index contributed by atoms with van der Waals surface area (Å²) in [5, 5.41) is 32.3. The number of aliphatic hydroxyl groups excluding tert-OH is 2. The van der Waals surface area contributed by atoms with Gasteiger partial charge in [-0.05, 0) is 91.3 Å². The minimum atomic E-state index is -1.03. The average Bonchev–Trinajstić information content (AvgIpc) is 2.75. The number of rotatable bonds is 1. The normalized spacial score (nSPS) is 50.5. The number of Topliss-reactive ketones (excluding diaryl/α,β-unsaturated/α-hetero) is 1.